The standard InChI is InChI=1S/C15H30N2O2S/c1-4-16-10-7-15(8-11-16)6-5-9-17(13-15)14(2)12-20(3,18)19/h14H,4-13H2,1-3H3/t14-/m1/s1. The van der Waals surface area contributed by atoms with E-state index in [2.05, 4.69) is 23.6 Å². The Morgan fingerprint density at radius 2 is 1.80 bits per heavy atom. The van der Waals surface area contributed by atoms with E-state index in [4.69, 9.17) is 0 Å². The number of sulfone groups is 1. The summed E-state index contributed by atoms with van der Waals surface area (Å²) in [7, 11) is -2.88. The monoisotopic (exact) mass is 302 g/mol. The van der Waals surface area contributed by atoms with Crippen LogP contribution < -0.4 is 0 Å². The second-order valence-corrected chi connectivity index (χ2v) is 9.13. The second-order valence-electron chi connectivity index (χ2n) is 6.95. The van der Waals surface area contributed by atoms with E-state index in [0.29, 0.717) is 11.2 Å². The zero-order valence-corrected chi connectivity index (χ0v) is 14.1. The van der Waals surface area contributed by atoms with Gasteiger partial charge in [0.25, 0.3) is 0 Å². The molecule has 2 saturated heterocycles. The van der Waals surface area contributed by atoms with Gasteiger partial charge in [-0.2, -0.15) is 0 Å². The molecule has 0 bridgehead atoms. The summed E-state index contributed by atoms with van der Waals surface area (Å²) in [6, 6.07) is 0.159. The smallest absolute Gasteiger partial charge is 0.148 e. The molecule has 0 aromatic heterocycles. The van der Waals surface area contributed by atoms with Gasteiger partial charge in [-0.3, -0.25) is 4.90 Å². The van der Waals surface area contributed by atoms with Crippen LogP contribution in [0.4, 0.5) is 0 Å². The molecule has 0 unspecified atom stereocenters. The van der Waals surface area contributed by atoms with Gasteiger partial charge >= 0.3 is 0 Å². The van der Waals surface area contributed by atoms with E-state index in [1.807, 2.05) is 0 Å². The Balaban J connectivity index is 1.95. The quantitative estimate of drug-likeness (QED) is 0.791. The fourth-order valence-electron chi connectivity index (χ4n) is 3.92. The number of nitrogens with zero attached hydrogens (tertiary/aromatic N) is 2. The summed E-state index contributed by atoms with van der Waals surface area (Å²) in [6.07, 6.45) is 6.46. The van der Waals surface area contributed by atoms with E-state index in [0.717, 1.165) is 19.6 Å². The minimum atomic E-state index is -2.88. The van der Waals surface area contributed by atoms with Gasteiger partial charge in [-0.15, -0.1) is 0 Å². The van der Waals surface area contributed by atoms with Crippen LogP contribution >= 0.6 is 0 Å². The van der Waals surface area contributed by atoms with Gasteiger partial charge in [-0.1, -0.05) is 6.92 Å². The zero-order valence-electron chi connectivity index (χ0n) is 13.3. The number of hydrogen-bond donors (Lipinski definition) is 0. The van der Waals surface area contributed by atoms with Crippen molar-refractivity contribution in [3.63, 3.8) is 0 Å². The van der Waals surface area contributed by atoms with Crippen LogP contribution in [-0.2, 0) is 9.84 Å². The molecule has 2 heterocycles. The van der Waals surface area contributed by atoms with Crippen LogP contribution in [0, 0.1) is 5.41 Å². The second kappa shape index (κ2) is 6.32. The number of piperidine rings is 2. The molecule has 1 spiro atoms. The molecule has 2 aliphatic rings. The highest BCUT2D eigenvalue weighted by Gasteiger charge is 2.39. The molecule has 2 rings (SSSR count). The van der Waals surface area contributed by atoms with Gasteiger partial charge < -0.3 is 4.90 Å². The largest absolute Gasteiger partial charge is 0.304 e. The Labute approximate surface area is 124 Å². The molecule has 0 aromatic rings. The Morgan fingerprint density at radius 3 is 2.35 bits per heavy atom. The van der Waals surface area contributed by atoms with Crippen molar-refractivity contribution >= 4 is 9.84 Å². The van der Waals surface area contributed by atoms with Crippen molar-refractivity contribution in [1.82, 2.24) is 9.80 Å². The zero-order chi connectivity index (χ0) is 14.8. The van der Waals surface area contributed by atoms with Crippen molar-refractivity contribution in [3.8, 4) is 0 Å². The highest BCUT2D eigenvalue weighted by atomic mass is 32.2. The summed E-state index contributed by atoms with van der Waals surface area (Å²) in [5.74, 6) is 0.296. The maximum atomic E-state index is 11.5. The maximum absolute atomic E-state index is 11.5. The molecular weight excluding hydrogens is 272 g/mol. The molecular formula is C15H30N2O2S. The van der Waals surface area contributed by atoms with E-state index < -0.39 is 9.84 Å². The highest BCUT2D eigenvalue weighted by Crippen LogP contribution is 2.40. The predicted octanol–water partition coefficient (Wildman–Crippen LogP) is 1.62. The van der Waals surface area contributed by atoms with Crippen molar-refractivity contribution in [2.45, 2.75) is 45.6 Å². The molecule has 118 valence electrons. The van der Waals surface area contributed by atoms with E-state index >= 15 is 0 Å². The topological polar surface area (TPSA) is 40.6 Å². The average Bonchev–Trinajstić information content (AvgIpc) is 2.38. The minimum absolute atomic E-state index is 0.159. The molecule has 0 aromatic carbocycles. The third-order valence-electron chi connectivity index (χ3n) is 5.22. The normalized spacial score (nSPS) is 26.8. The van der Waals surface area contributed by atoms with Gasteiger partial charge in [-0.25, -0.2) is 8.42 Å². The van der Waals surface area contributed by atoms with Crippen molar-refractivity contribution < 1.29 is 8.42 Å². The minimum Gasteiger partial charge on any atom is -0.304 e. The molecule has 0 aliphatic carbocycles. The van der Waals surface area contributed by atoms with Crippen LogP contribution in [0.15, 0.2) is 0 Å². The predicted molar refractivity (Wildman–Crippen MR) is 83.8 cm³/mol. The van der Waals surface area contributed by atoms with Crippen LogP contribution in [0.5, 0.6) is 0 Å². The van der Waals surface area contributed by atoms with Crippen molar-refractivity contribution in [2.24, 2.45) is 5.41 Å². The van der Waals surface area contributed by atoms with Crippen LogP contribution in [-0.4, -0.2) is 69.0 Å². The Hall–Kier alpha value is -0.130. The van der Waals surface area contributed by atoms with Gasteiger partial charge in [0.2, 0.25) is 0 Å². The number of hydrogen-bond acceptors (Lipinski definition) is 4. The van der Waals surface area contributed by atoms with Gasteiger partial charge in [0.1, 0.15) is 9.84 Å². The summed E-state index contributed by atoms with van der Waals surface area (Å²) >= 11 is 0. The first-order chi connectivity index (χ1) is 9.34. The van der Waals surface area contributed by atoms with E-state index in [9.17, 15) is 8.42 Å². The van der Waals surface area contributed by atoms with E-state index in [-0.39, 0.29) is 6.04 Å². The number of rotatable bonds is 4. The Kier molecular flexibility index (Phi) is 5.14. The first-order valence-electron chi connectivity index (χ1n) is 7.98. The fourth-order valence-corrected chi connectivity index (χ4v) is 5.00. The lowest BCUT2D eigenvalue weighted by atomic mass is 9.72. The van der Waals surface area contributed by atoms with Gasteiger partial charge in [0, 0.05) is 18.8 Å². The molecule has 0 radical (unpaired) electrons. The van der Waals surface area contributed by atoms with Crippen molar-refractivity contribution in [2.75, 3.05) is 44.7 Å². The Bertz CT molecular complexity index is 414. The average molecular weight is 302 g/mol. The Morgan fingerprint density at radius 1 is 1.15 bits per heavy atom. The molecule has 1 atom stereocenters. The molecule has 5 heteroatoms. The molecule has 0 amide bonds. The van der Waals surface area contributed by atoms with Gasteiger partial charge in [0.15, 0.2) is 0 Å². The summed E-state index contributed by atoms with van der Waals surface area (Å²) in [4.78, 5) is 4.95. The fraction of sp³-hybridized carbons (Fsp3) is 1.00. The summed E-state index contributed by atoms with van der Waals surface area (Å²) in [5.41, 5.74) is 0.454. The molecule has 2 aliphatic heterocycles. The molecule has 20 heavy (non-hydrogen) atoms. The lowest BCUT2D eigenvalue weighted by Gasteiger charge is -2.49. The van der Waals surface area contributed by atoms with Gasteiger partial charge in [-0.05, 0) is 64.2 Å². The summed E-state index contributed by atoms with van der Waals surface area (Å²) < 4.78 is 23.0. The molecule has 2 fully saturated rings. The number of likely N-dealkylation sites (tertiary alicyclic amines) is 2. The van der Waals surface area contributed by atoms with Crippen LogP contribution in [0.25, 0.3) is 0 Å². The molecule has 0 saturated carbocycles. The summed E-state index contributed by atoms with van der Waals surface area (Å²) in [6.45, 7) is 10.1. The van der Waals surface area contributed by atoms with Crippen molar-refractivity contribution in [3.05, 3.63) is 0 Å². The third-order valence-corrected chi connectivity index (χ3v) is 6.31. The van der Waals surface area contributed by atoms with E-state index in [1.54, 1.807) is 0 Å². The lowest BCUT2D eigenvalue weighted by molar-refractivity contribution is 0.0136. The SMILES string of the molecule is CCN1CCC2(CCCN([C@H](C)CS(C)(=O)=O)C2)CC1. The maximum Gasteiger partial charge on any atom is 0.148 e. The van der Waals surface area contributed by atoms with Crippen molar-refractivity contribution in [1.29, 1.82) is 0 Å². The first kappa shape index (κ1) is 16.2. The molecule has 0 N–H and O–H groups in total. The van der Waals surface area contributed by atoms with Crippen LogP contribution in [0.1, 0.15) is 39.5 Å². The van der Waals surface area contributed by atoms with Gasteiger partial charge in [0.05, 0.1) is 5.75 Å². The van der Waals surface area contributed by atoms with Crippen LogP contribution in [0.3, 0.4) is 0 Å². The molecule has 4 nitrogen and oxygen atoms in total. The third kappa shape index (κ3) is 4.18. The lowest BCUT2D eigenvalue weighted by Crippen LogP contribution is -2.52. The van der Waals surface area contributed by atoms with Crippen LogP contribution in [0.2, 0.25) is 0 Å². The highest BCUT2D eigenvalue weighted by molar-refractivity contribution is 7.90. The summed E-state index contributed by atoms with van der Waals surface area (Å²) in [5, 5.41) is 0. The van der Waals surface area contributed by atoms with E-state index in [1.165, 1.54) is 45.0 Å². The first-order valence-corrected chi connectivity index (χ1v) is 10.0.